The molecule has 0 saturated carbocycles. The molecule has 0 aliphatic rings. The number of halogens is 3. The second kappa shape index (κ2) is 4.01. The summed E-state index contributed by atoms with van der Waals surface area (Å²) in [6.45, 7) is 0.114. The van der Waals surface area contributed by atoms with Crippen molar-refractivity contribution in [3.63, 3.8) is 0 Å². The molecule has 4 nitrogen and oxygen atoms in total. The molecule has 1 aromatic carbocycles. The van der Waals surface area contributed by atoms with Crippen molar-refractivity contribution in [2.45, 2.75) is 19.6 Å². The maximum atomic E-state index is 12.3. The summed E-state index contributed by atoms with van der Waals surface area (Å²) >= 11 is 0. The van der Waals surface area contributed by atoms with Gasteiger partial charge in [0.1, 0.15) is 6.54 Å². The number of nitrogens with zero attached hydrogens (tertiary/aromatic N) is 1. The zero-order valence-electron chi connectivity index (χ0n) is 9.34. The largest absolute Gasteiger partial charge is 0.406 e. The zero-order chi connectivity index (χ0) is 13.5. The fraction of sp³-hybridized carbons (Fsp3) is 0.273. The van der Waals surface area contributed by atoms with E-state index in [4.69, 9.17) is 0 Å². The topological polar surface area (TPSA) is 54.9 Å². The molecular weight excluding hydrogens is 249 g/mol. The van der Waals surface area contributed by atoms with Gasteiger partial charge in [0, 0.05) is 0 Å². The van der Waals surface area contributed by atoms with E-state index in [9.17, 15) is 22.8 Å². The zero-order valence-corrected chi connectivity index (χ0v) is 9.34. The molecule has 0 bridgehead atoms. The molecule has 18 heavy (non-hydrogen) atoms. The molecule has 7 heteroatoms. The van der Waals surface area contributed by atoms with Crippen LogP contribution in [0.2, 0.25) is 0 Å². The molecule has 0 radical (unpaired) electrons. The van der Waals surface area contributed by atoms with Gasteiger partial charge in [0.2, 0.25) is 0 Å². The van der Waals surface area contributed by atoms with E-state index in [2.05, 4.69) is 4.98 Å². The predicted octanol–water partition coefficient (Wildman–Crippen LogP) is 1.56. The Labute approximate surface area is 98.7 Å². The van der Waals surface area contributed by atoms with E-state index in [0.29, 0.717) is 0 Å². The summed E-state index contributed by atoms with van der Waals surface area (Å²) in [4.78, 5) is 25.5. The molecule has 0 unspecified atom stereocenters. The first kappa shape index (κ1) is 12.4. The first-order chi connectivity index (χ1) is 8.28. The monoisotopic (exact) mass is 258 g/mol. The van der Waals surface area contributed by atoms with E-state index in [0.717, 1.165) is 5.56 Å². The van der Waals surface area contributed by atoms with Gasteiger partial charge in [-0.1, -0.05) is 11.6 Å². The van der Waals surface area contributed by atoms with Gasteiger partial charge in [0.15, 0.2) is 0 Å². The van der Waals surface area contributed by atoms with Gasteiger partial charge in [-0.15, -0.1) is 0 Å². The molecule has 1 heterocycles. The van der Waals surface area contributed by atoms with E-state index in [1.807, 2.05) is 0 Å². The van der Waals surface area contributed by atoms with Crippen molar-refractivity contribution in [2.75, 3.05) is 0 Å². The number of aryl methyl sites for hydroxylation is 1. The van der Waals surface area contributed by atoms with Crippen LogP contribution in [0, 0.1) is 6.92 Å². The fourth-order valence-corrected chi connectivity index (χ4v) is 1.69. The number of hydrogen-bond acceptors (Lipinski definition) is 2. The van der Waals surface area contributed by atoms with Crippen molar-refractivity contribution in [2.24, 2.45) is 0 Å². The highest BCUT2D eigenvalue weighted by Crippen LogP contribution is 2.16. The van der Waals surface area contributed by atoms with Crippen LogP contribution in [0.3, 0.4) is 0 Å². The number of alkyl halides is 3. The van der Waals surface area contributed by atoms with Gasteiger partial charge in [0.25, 0.3) is 5.56 Å². The van der Waals surface area contributed by atoms with Crippen molar-refractivity contribution in [1.82, 2.24) is 9.55 Å². The van der Waals surface area contributed by atoms with E-state index in [-0.39, 0.29) is 15.5 Å². The van der Waals surface area contributed by atoms with Gasteiger partial charge in [-0.2, -0.15) is 13.2 Å². The number of benzene rings is 1. The second-order valence-corrected chi connectivity index (χ2v) is 3.99. The second-order valence-electron chi connectivity index (χ2n) is 3.99. The van der Waals surface area contributed by atoms with Crippen LogP contribution in [0.1, 0.15) is 5.56 Å². The first-order valence-corrected chi connectivity index (χ1v) is 5.08. The predicted molar refractivity (Wildman–Crippen MR) is 59.6 cm³/mol. The quantitative estimate of drug-likeness (QED) is 0.844. The Balaban J connectivity index is 2.76. The molecular formula is C11H9F3N2O2. The third-order valence-corrected chi connectivity index (χ3v) is 2.47. The summed E-state index contributed by atoms with van der Waals surface area (Å²) in [5.74, 6) is 0. The standard InChI is InChI=1S/C11H9F3N2O2/c1-6-2-3-8-7(4-6)9(17)16(10(18)15-8)5-11(12,13)14/h2-4H,5H2,1H3,(H,15,18). The maximum absolute atomic E-state index is 12.3. The lowest BCUT2D eigenvalue weighted by atomic mass is 10.2. The molecule has 0 aliphatic heterocycles. The molecule has 0 spiro atoms. The van der Waals surface area contributed by atoms with Crippen LogP contribution in [0.5, 0.6) is 0 Å². The van der Waals surface area contributed by atoms with Crippen molar-refractivity contribution in [3.05, 3.63) is 44.6 Å². The highest BCUT2D eigenvalue weighted by atomic mass is 19.4. The number of rotatable bonds is 1. The number of nitrogens with one attached hydrogen (secondary N) is 1. The van der Waals surface area contributed by atoms with Gasteiger partial charge >= 0.3 is 11.9 Å². The molecule has 1 aromatic heterocycles. The average molecular weight is 258 g/mol. The molecule has 1 N–H and O–H groups in total. The lowest BCUT2D eigenvalue weighted by Crippen LogP contribution is -2.39. The van der Waals surface area contributed by atoms with E-state index < -0.39 is 24.0 Å². The Morgan fingerprint density at radius 3 is 2.56 bits per heavy atom. The van der Waals surface area contributed by atoms with Crippen LogP contribution in [0.25, 0.3) is 10.9 Å². The van der Waals surface area contributed by atoms with Crippen LogP contribution < -0.4 is 11.2 Å². The highest BCUT2D eigenvalue weighted by molar-refractivity contribution is 5.77. The summed E-state index contributed by atoms with van der Waals surface area (Å²) in [6.07, 6.45) is -4.62. The lowest BCUT2D eigenvalue weighted by Gasteiger charge is -2.09. The number of H-pyrrole nitrogens is 1. The van der Waals surface area contributed by atoms with Crippen LogP contribution in [0.4, 0.5) is 13.2 Å². The SMILES string of the molecule is Cc1ccc2[nH]c(=O)n(CC(F)(F)F)c(=O)c2c1. The Morgan fingerprint density at radius 1 is 1.28 bits per heavy atom. The Kier molecular flexibility index (Phi) is 2.76. The lowest BCUT2D eigenvalue weighted by molar-refractivity contribution is -0.141. The van der Waals surface area contributed by atoms with Gasteiger partial charge in [-0.25, -0.2) is 4.79 Å². The molecule has 2 rings (SSSR count). The summed E-state index contributed by atoms with van der Waals surface area (Å²) in [5.41, 5.74) is -1.04. The van der Waals surface area contributed by atoms with Gasteiger partial charge in [0.05, 0.1) is 10.9 Å². The fourth-order valence-electron chi connectivity index (χ4n) is 1.69. The minimum atomic E-state index is -4.62. The highest BCUT2D eigenvalue weighted by Gasteiger charge is 2.29. The third-order valence-electron chi connectivity index (χ3n) is 2.47. The third kappa shape index (κ3) is 2.29. The molecule has 0 fully saturated rings. The Bertz CT molecular complexity index is 713. The molecule has 0 amide bonds. The number of fused-ring (bicyclic) bond motifs is 1. The van der Waals surface area contributed by atoms with E-state index in [1.54, 1.807) is 13.0 Å². The van der Waals surface area contributed by atoms with Crippen molar-refractivity contribution in [3.8, 4) is 0 Å². The molecule has 0 saturated heterocycles. The Morgan fingerprint density at radius 2 is 1.94 bits per heavy atom. The van der Waals surface area contributed by atoms with Crippen LogP contribution >= 0.6 is 0 Å². The summed E-state index contributed by atoms with van der Waals surface area (Å²) in [5, 5.41) is 0.0684. The summed E-state index contributed by atoms with van der Waals surface area (Å²) in [7, 11) is 0. The number of hydrogen-bond donors (Lipinski definition) is 1. The first-order valence-electron chi connectivity index (χ1n) is 5.08. The minimum absolute atomic E-state index is 0.0684. The van der Waals surface area contributed by atoms with E-state index in [1.165, 1.54) is 12.1 Å². The smallest absolute Gasteiger partial charge is 0.307 e. The number of aromatic nitrogens is 2. The van der Waals surface area contributed by atoms with Crippen molar-refractivity contribution >= 4 is 10.9 Å². The summed E-state index contributed by atoms with van der Waals surface area (Å²) < 4.78 is 37.0. The molecule has 96 valence electrons. The van der Waals surface area contributed by atoms with Crippen LogP contribution in [-0.2, 0) is 6.54 Å². The van der Waals surface area contributed by atoms with Crippen LogP contribution in [0.15, 0.2) is 27.8 Å². The van der Waals surface area contributed by atoms with Gasteiger partial charge < -0.3 is 4.98 Å². The molecule has 0 aliphatic carbocycles. The van der Waals surface area contributed by atoms with Gasteiger partial charge in [-0.3, -0.25) is 9.36 Å². The minimum Gasteiger partial charge on any atom is -0.307 e. The van der Waals surface area contributed by atoms with E-state index >= 15 is 0 Å². The summed E-state index contributed by atoms with van der Waals surface area (Å²) in [6, 6.07) is 4.59. The molecule has 2 aromatic rings. The normalized spacial score (nSPS) is 12.0. The maximum Gasteiger partial charge on any atom is 0.406 e. The average Bonchev–Trinajstić information content (AvgIpc) is 2.24. The Hall–Kier alpha value is -2.05. The van der Waals surface area contributed by atoms with Gasteiger partial charge in [-0.05, 0) is 19.1 Å². The van der Waals surface area contributed by atoms with Crippen LogP contribution in [-0.4, -0.2) is 15.7 Å². The van der Waals surface area contributed by atoms with Crippen molar-refractivity contribution < 1.29 is 13.2 Å². The molecule has 0 atom stereocenters. The van der Waals surface area contributed by atoms with Crippen molar-refractivity contribution in [1.29, 1.82) is 0 Å². The number of aromatic amines is 1.